The van der Waals surface area contributed by atoms with Crippen molar-refractivity contribution >= 4 is 22.3 Å². The third-order valence-electron chi connectivity index (χ3n) is 3.64. The fourth-order valence-electron chi connectivity index (χ4n) is 2.62. The number of carboxylic acids is 1. The van der Waals surface area contributed by atoms with Gasteiger partial charge in [-0.05, 0) is 43.2 Å². The third kappa shape index (κ3) is 2.39. The van der Waals surface area contributed by atoms with Crippen LogP contribution in [0.15, 0.2) is 24.3 Å². The molecule has 3 aromatic rings. The van der Waals surface area contributed by atoms with Crippen LogP contribution in [0.1, 0.15) is 23.2 Å². The Morgan fingerprint density at radius 2 is 2.05 bits per heavy atom. The number of thiazole rings is 1. The summed E-state index contributed by atoms with van der Waals surface area (Å²) in [5.41, 5.74) is 3.60. The van der Waals surface area contributed by atoms with Crippen molar-refractivity contribution in [2.24, 2.45) is 0 Å². The van der Waals surface area contributed by atoms with E-state index >= 15 is 0 Å². The van der Waals surface area contributed by atoms with Crippen LogP contribution in [0, 0.1) is 12.7 Å². The number of fused-ring (bicyclic) bond motifs is 1. The number of hydrogen-bond acceptors (Lipinski definition) is 3. The summed E-state index contributed by atoms with van der Waals surface area (Å²) >= 11 is 1.38. The van der Waals surface area contributed by atoms with Crippen molar-refractivity contribution in [3.63, 3.8) is 0 Å². The van der Waals surface area contributed by atoms with Crippen molar-refractivity contribution in [1.29, 1.82) is 0 Å². The van der Waals surface area contributed by atoms with Crippen molar-refractivity contribution in [1.82, 2.24) is 9.38 Å². The fourth-order valence-corrected chi connectivity index (χ4v) is 3.82. The Kier molecular flexibility index (Phi) is 3.70. The van der Waals surface area contributed by atoms with Gasteiger partial charge in [0.25, 0.3) is 0 Å². The average Bonchev–Trinajstić information content (AvgIpc) is 2.96. The lowest BCUT2D eigenvalue weighted by Crippen LogP contribution is -2.01. The van der Waals surface area contributed by atoms with Crippen LogP contribution in [0.2, 0.25) is 0 Å². The molecule has 1 N–H and O–H groups in total. The molecular formula is C16H15FN2O2S. The summed E-state index contributed by atoms with van der Waals surface area (Å²) in [6.45, 7) is 4.01. The maximum absolute atomic E-state index is 13.2. The number of imidazole rings is 1. The van der Waals surface area contributed by atoms with E-state index in [1.54, 1.807) is 12.1 Å². The van der Waals surface area contributed by atoms with Gasteiger partial charge in [0.1, 0.15) is 5.82 Å². The van der Waals surface area contributed by atoms with Gasteiger partial charge in [0.15, 0.2) is 4.96 Å². The summed E-state index contributed by atoms with van der Waals surface area (Å²) in [6.07, 6.45) is 0.749. The summed E-state index contributed by atoms with van der Waals surface area (Å²) < 4.78 is 15.2. The van der Waals surface area contributed by atoms with Gasteiger partial charge in [-0.25, -0.2) is 9.37 Å². The number of hydrogen-bond donors (Lipinski definition) is 1. The number of halogens is 1. The Morgan fingerprint density at radius 3 is 2.64 bits per heavy atom. The van der Waals surface area contributed by atoms with Gasteiger partial charge < -0.3 is 5.11 Å². The molecule has 114 valence electrons. The molecule has 0 aliphatic carbocycles. The quantitative estimate of drug-likeness (QED) is 0.798. The summed E-state index contributed by atoms with van der Waals surface area (Å²) in [6, 6.07) is 6.12. The molecule has 4 nitrogen and oxygen atoms in total. The van der Waals surface area contributed by atoms with Crippen LogP contribution in [0.4, 0.5) is 4.39 Å². The van der Waals surface area contributed by atoms with Gasteiger partial charge >= 0.3 is 5.97 Å². The Morgan fingerprint density at radius 1 is 1.36 bits per heavy atom. The first-order valence-electron chi connectivity index (χ1n) is 6.98. The highest BCUT2D eigenvalue weighted by atomic mass is 32.1. The predicted molar refractivity (Wildman–Crippen MR) is 83.9 cm³/mol. The van der Waals surface area contributed by atoms with Gasteiger partial charge in [0.05, 0.1) is 17.8 Å². The molecule has 0 aliphatic rings. The average molecular weight is 318 g/mol. The van der Waals surface area contributed by atoms with E-state index in [9.17, 15) is 9.18 Å². The van der Waals surface area contributed by atoms with Crippen molar-refractivity contribution in [3.8, 4) is 11.3 Å². The van der Waals surface area contributed by atoms with Gasteiger partial charge in [-0.2, -0.15) is 0 Å². The first kappa shape index (κ1) is 14.7. The van der Waals surface area contributed by atoms with Crippen LogP contribution >= 0.6 is 11.3 Å². The number of aliphatic carboxylic acids is 1. The Hall–Kier alpha value is -2.21. The zero-order valence-corrected chi connectivity index (χ0v) is 13.1. The molecule has 2 heterocycles. The first-order chi connectivity index (χ1) is 10.5. The number of benzene rings is 1. The zero-order chi connectivity index (χ0) is 15.9. The molecule has 0 bridgehead atoms. The maximum Gasteiger partial charge on any atom is 0.308 e. The maximum atomic E-state index is 13.2. The molecule has 0 fully saturated rings. The van der Waals surface area contributed by atoms with Crippen molar-refractivity contribution in [3.05, 3.63) is 46.3 Å². The number of carbonyl (C=O) groups is 1. The van der Waals surface area contributed by atoms with Crippen LogP contribution in [0.3, 0.4) is 0 Å². The van der Waals surface area contributed by atoms with Crippen molar-refractivity contribution in [2.75, 3.05) is 0 Å². The highest BCUT2D eigenvalue weighted by molar-refractivity contribution is 7.17. The van der Waals surface area contributed by atoms with E-state index in [-0.39, 0.29) is 12.2 Å². The second-order valence-corrected chi connectivity index (χ2v) is 6.13. The van der Waals surface area contributed by atoms with E-state index in [4.69, 9.17) is 5.11 Å². The Balaban J connectivity index is 2.28. The minimum Gasteiger partial charge on any atom is -0.481 e. The summed E-state index contributed by atoms with van der Waals surface area (Å²) in [5, 5.41) is 9.13. The molecule has 2 aromatic heterocycles. The Bertz CT molecular complexity index is 849. The molecule has 0 saturated heterocycles. The lowest BCUT2D eigenvalue weighted by molar-refractivity contribution is -0.136. The van der Waals surface area contributed by atoms with E-state index < -0.39 is 5.97 Å². The largest absolute Gasteiger partial charge is 0.481 e. The van der Waals surface area contributed by atoms with Crippen LogP contribution in [0.5, 0.6) is 0 Å². The van der Waals surface area contributed by atoms with E-state index in [1.807, 2.05) is 18.2 Å². The van der Waals surface area contributed by atoms with Crippen LogP contribution in [-0.2, 0) is 17.6 Å². The zero-order valence-electron chi connectivity index (χ0n) is 12.3. The molecule has 0 radical (unpaired) electrons. The van der Waals surface area contributed by atoms with Gasteiger partial charge in [-0.1, -0.05) is 6.92 Å². The van der Waals surface area contributed by atoms with E-state index in [2.05, 4.69) is 4.98 Å². The van der Waals surface area contributed by atoms with Crippen molar-refractivity contribution in [2.45, 2.75) is 26.7 Å². The molecule has 3 rings (SSSR count). The normalized spacial score (nSPS) is 11.2. The molecular weight excluding hydrogens is 303 g/mol. The summed E-state index contributed by atoms with van der Waals surface area (Å²) in [5.74, 6) is -1.20. The molecule has 0 saturated carbocycles. The molecule has 0 unspecified atom stereocenters. The number of carboxylic acid groups (broad SMARTS) is 1. The molecule has 0 amide bonds. The smallest absolute Gasteiger partial charge is 0.308 e. The van der Waals surface area contributed by atoms with Gasteiger partial charge in [-0.15, -0.1) is 11.3 Å². The lowest BCUT2D eigenvalue weighted by Gasteiger charge is -2.06. The predicted octanol–water partition coefficient (Wildman–Crippen LogP) is 3.70. The molecule has 22 heavy (non-hydrogen) atoms. The van der Waals surface area contributed by atoms with E-state index in [0.717, 1.165) is 38.9 Å². The molecule has 0 atom stereocenters. The fraction of sp³-hybridized carbons (Fsp3) is 0.250. The number of nitrogens with zero attached hydrogens (tertiary/aromatic N) is 2. The molecule has 6 heteroatoms. The van der Waals surface area contributed by atoms with E-state index in [0.29, 0.717) is 0 Å². The first-order valence-corrected chi connectivity index (χ1v) is 7.80. The number of aryl methyl sites for hydroxylation is 2. The van der Waals surface area contributed by atoms with E-state index in [1.165, 1.54) is 23.5 Å². The number of aromatic nitrogens is 2. The van der Waals surface area contributed by atoms with Crippen LogP contribution in [0.25, 0.3) is 16.2 Å². The molecule has 0 spiro atoms. The lowest BCUT2D eigenvalue weighted by atomic mass is 10.1. The SMILES string of the molecule is CCc1nc2sc(CC(=O)O)c(-c3ccc(F)cc3)n2c1C. The highest BCUT2D eigenvalue weighted by Crippen LogP contribution is 2.34. The van der Waals surface area contributed by atoms with Crippen LogP contribution < -0.4 is 0 Å². The second-order valence-electron chi connectivity index (χ2n) is 5.07. The van der Waals surface area contributed by atoms with Gasteiger partial charge in [0, 0.05) is 10.6 Å². The minimum atomic E-state index is -0.888. The van der Waals surface area contributed by atoms with Crippen molar-refractivity contribution < 1.29 is 14.3 Å². The summed E-state index contributed by atoms with van der Waals surface area (Å²) in [4.78, 5) is 17.2. The standard InChI is InChI=1S/C16H15FN2O2S/c1-3-12-9(2)19-15(10-4-6-11(17)7-5-10)13(8-14(20)21)22-16(19)18-12/h4-7H,3,8H2,1-2H3,(H,20,21). The number of rotatable bonds is 4. The highest BCUT2D eigenvalue weighted by Gasteiger charge is 2.20. The topological polar surface area (TPSA) is 54.6 Å². The van der Waals surface area contributed by atoms with Gasteiger partial charge in [-0.3, -0.25) is 9.20 Å². The van der Waals surface area contributed by atoms with Crippen LogP contribution in [-0.4, -0.2) is 20.5 Å². The summed E-state index contributed by atoms with van der Waals surface area (Å²) in [7, 11) is 0. The monoisotopic (exact) mass is 318 g/mol. The van der Waals surface area contributed by atoms with Gasteiger partial charge in [0.2, 0.25) is 0 Å². The third-order valence-corrected chi connectivity index (χ3v) is 4.68. The Labute approximate surface area is 130 Å². The minimum absolute atomic E-state index is 0.0678. The second kappa shape index (κ2) is 5.53. The molecule has 1 aromatic carbocycles. The molecule has 0 aliphatic heterocycles.